The summed E-state index contributed by atoms with van der Waals surface area (Å²) in [5.41, 5.74) is 5.31. The van der Waals surface area contributed by atoms with Gasteiger partial charge in [-0.25, -0.2) is 0 Å². The number of Topliss-reactive ketones (excluding diaryl/α,β-unsaturated/α-hetero) is 1. The molecule has 0 amide bonds. The van der Waals surface area contributed by atoms with Crippen LogP contribution in [0.15, 0.2) is 48.5 Å². The summed E-state index contributed by atoms with van der Waals surface area (Å²) in [4.78, 5) is 13.3. The quantitative estimate of drug-likeness (QED) is 0.685. The largest absolute Gasteiger partial charge is 0.299 e. The zero-order chi connectivity index (χ0) is 17.6. The van der Waals surface area contributed by atoms with Gasteiger partial charge < -0.3 is 0 Å². The van der Waals surface area contributed by atoms with Gasteiger partial charge in [-0.15, -0.1) is 0 Å². The highest BCUT2D eigenvalue weighted by atomic mass is 16.1. The average Bonchev–Trinajstić information content (AvgIpc) is 2.61. The maximum atomic E-state index is 13.3. The molecule has 132 valence electrons. The summed E-state index contributed by atoms with van der Waals surface area (Å²) in [7, 11) is 0. The summed E-state index contributed by atoms with van der Waals surface area (Å²) in [6, 6.07) is 17.1. The molecule has 2 aromatic rings. The van der Waals surface area contributed by atoms with Crippen LogP contribution in [0.25, 0.3) is 0 Å². The predicted molar refractivity (Wildman–Crippen MR) is 105 cm³/mol. The van der Waals surface area contributed by atoms with Crippen molar-refractivity contribution in [3.05, 3.63) is 70.8 Å². The molecule has 3 rings (SSSR count). The molecule has 0 spiro atoms. The second kappa shape index (κ2) is 8.47. The van der Waals surface area contributed by atoms with Gasteiger partial charge in [0.15, 0.2) is 0 Å². The topological polar surface area (TPSA) is 17.1 Å². The zero-order valence-electron chi connectivity index (χ0n) is 15.6. The molecule has 0 saturated heterocycles. The number of rotatable bonds is 4. The van der Waals surface area contributed by atoms with E-state index in [0.29, 0.717) is 5.78 Å². The number of carbonyl (C=O) groups excluding carboxylic acids is 1. The Bertz CT molecular complexity index is 656. The van der Waals surface area contributed by atoms with Crippen LogP contribution in [0, 0.1) is 25.7 Å². The highest BCUT2D eigenvalue weighted by molar-refractivity contribution is 5.84. The van der Waals surface area contributed by atoms with Crippen LogP contribution in [0.1, 0.15) is 54.4 Å². The number of aryl methyl sites for hydroxylation is 2. The smallest absolute Gasteiger partial charge is 0.139 e. The normalized spacial score (nSPS) is 21.6. The lowest BCUT2D eigenvalue weighted by atomic mass is 9.77. The molecule has 25 heavy (non-hydrogen) atoms. The van der Waals surface area contributed by atoms with Crippen molar-refractivity contribution in [1.82, 2.24) is 0 Å². The van der Waals surface area contributed by atoms with Crippen molar-refractivity contribution in [2.24, 2.45) is 11.8 Å². The van der Waals surface area contributed by atoms with E-state index >= 15 is 0 Å². The second-order valence-electron chi connectivity index (χ2n) is 7.70. The highest BCUT2D eigenvalue weighted by Gasteiger charge is 2.29. The third kappa shape index (κ3) is 4.60. The number of hydrogen-bond donors (Lipinski definition) is 0. The maximum Gasteiger partial charge on any atom is 0.139 e. The molecule has 0 aromatic heterocycles. The van der Waals surface area contributed by atoms with E-state index in [9.17, 15) is 4.79 Å². The monoisotopic (exact) mass is 334 g/mol. The molecule has 1 aliphatic rings. The molecule has 1 saturated carbocycles. The van der Waals surface area contributed by atoms with Crippen LogP contribution in [0.2, 0.25) is 0 Å². The fourth-order valence-corrected chi connectivity index (χ4v) is 4.19. The van der Waals surface area contributed by atoms with E-state index in [1.54, 1.807) is 0 Å². The Morgan fingerprint density at radius 2 is 1.16 bits per heavy atom. The molecular formula is C24H30O. The molecule has 2 atom stereocenters. The highest BCUT2D eigenvalue weighted by Crippen LogP contribution is 2.30. The van der Waals surface area contributed by atoms with Crippen LogP contribution in [0.4, 0.5) is 0 Å². The van der Waals surface area contributed by atoms with E-state index in [2.05, 4.69) is 62.4 Å². The molecule has 1 aliphatic carbocycles. The van der Waals surface area contributed by atoms with Crippen molar-refractivity contribution in [3.63, 3.8) is 0 Å². The van der Waals surface area contributed by atoms with Crippen molar-refractivity contribution in [3.8, 4) is 0 Å². The van der Waals surface area contributed by atoms with Gasteiger partial charge >= 0.3 is 0 Å². The molecule has 0 aliphatic heterocycles. The van der Waals surface area contributed by atoms with E-state index in [0.717, 1.165) is 25.7 Å². The first-order valence-corrected chi connectivity index (χ1v) is 9.78. The summed E-state index contributed by atoms with van der Waals surface area (Å²) < 4.78 is 0. The molecule has 0 N–H and O–H groups in total. The molecule has 1 heteroatoms. The van der Waals surface area contributed by atoms with Gasteiger partial charge in [-0.05, 0) is 61.8 Å². The third-order valence-electron chi connectivity index (χ3n) is 5.87. The molecular weight excluding hydrogens is 304 g/mol. The van der Waals surface area contributed by atoms with Crippen molar-refractivity contribution >= 4 is 5.78 Å². The minimum atomic E-state index is 0.190. The van der Waals surface area contributed by atoms with Gasteiger partial charge in [-0.1, -0.05) is 67.8 Å². The van der Waals surface area contributed by atoms with Crippen LogP contribution in [0.3, 0.4) is 0 Å². The summed E-state index contributed by atoms with van der Waals surface area (Å²) in [5, 5.41) is 0. The fourth-order valence-electron chi connectivity index (χ4n) is 4.19. The first-order valence-electron chi connectivity index (χ1n) is 9.78. The molecule has 0 bridgehead atoms. The van der Waals surface area contributed by atoms with Crippen LogP contribution in [0.5, 0.6) is 0 Å². The molecule has 2 aromatic carbocycles. The third-order valence-corrected chi connectivity index (χ3v) is 5.87. The number of benzene rings is 2. The van der Waals surface area contributed by atoms with Crippen molar-refractivity contribution in [1.29, 1.82) is 0 Å². The molecule has 0 radical (unpaired) electrons. The van der Waals surface area contributed by atoms with Crippen LogP contribution >= 0.6 is 0 Å². The Balaban J connectivity index is 1.77. The van der Waals surface area contributed by atoms with E-state index < -0.39 is 0 Å². The summed E-state index contributed by atoms with van der Waals surface area (Å²) in [6.07, 6.45) is 7.58. The first-order chi connectivity index (χ1) is 12.1. The van der Waals surface area contributed by atoms with E-state index in [1.165, 1.54) is 41.5 Å². The van der Waals surface area contributed by atoms with Crippen molar-refractivity contribution in [2.75, 3.05) is 0 Å². The Hall–Kier alpha value is -1.89. The van der Waals surface area contributed by atoms with Gasteiger partial charge in [0.25, 0.3) is 0 Å². The molecule has 2 unspecified atom stereocenters. The molecule has 0 heterocycles. The van der Waals surface area contributed by atoms with Gasteiger partial charge in [0.05, 0.1) is 0 Å². The van der Waals surface area contributed by atoms with Crippen LogP contribution < -0.4 is 0 Å². The Morgan fingerprint density at radius 1 is 0.720 bits per heavy atom. The lowest BCUT2D eigenvalue weighted by Gasteiger charge is -2.26. The Labute approximate surface area is 152 Å². The number of ketones is 1. The number of carbonyl (C=O) groups is 1. The van der Waals surface area contributed by atoms with Gasteiger partial charge in [-0.2, -0.15) is 0 Å². The standard InChI is InChI=1S/C24H30O/c1-18-10-6-8-12-20(18)16-22-14-4-3-5-15-23(24(22)25)17-21-13-9-7-11-19(21)2/h6-13,22-23H,3-5,14-17H2,1-2H3. The van der Waals surface area contributed by atoms with Gasteiger partial charge in [-0.3, -0.25) is 4.79 Å². The Morgan fingerprint density at radius 3 is 1.60 bits per heavy atom. The minimum Gasteiger partial charge on any atom is -0.299 e. The fraction of sp³-hybridized carbons (Fsp3) is 0.458. The first kappa shape index (κ1) is 17.9. The van der Waals surface area contributed by atoms with Crippen LogP contribution in [-0.4, -0.2) is 5.78 Å². The SMILES string of the molecule is Cc1ccccc1CC1CCCCCC(Cc2ccccc2C)C1=O. The van der Waals surface area contributed by atoms with Gasteiger partial charge in [0.1, 0.15) is 5.78 Å². The van der Waals surface area contributed by atoms with E-state index in [4.69, 9.17) is 0 Å². The predicted octanol–water partition coefficient (Wildman–Crippen LogP) is 5.85. The lowest BCUT2D eigenvalue weighted by molar-refractivity contribution is -0.127. The minimum absolute atomic E-state index is 0.190. The molecule has 1 fully saturated rings. The Kier molecular flexibility index (Phi) is 6.07. The van der Waals surface area contributed by atoms with Crippen LogP contribution in [-0.2, 0) is 17.6 Å². The zero-order valence-corrected chi connectivity index (χ0v) is 15.6. The van der Waals surface area contributed by atoms with Crippen molar-refractivity contribution < 1.29 is 4.79 Å². The van der Waals surface area contributed by atoms with Gasteiger partial charge in [0.2, 0.25) is 0 Å². The summed E-state index contributed by atoms with van der Waals surface area (Å²) >= 11 is 0. The number of hydrogen-bond acceptors (Lipinski definition) is 1. The maximum absolute atomic E-state index is 13.3. The van der Waals surface area contributed by atoms with E-state index in [1.807, 2.05) is 0 Å². The van der Waals surface area contributed by atoms with Gasteiger partial charge in [0, 0.05) is 11.8 Å². The van der Waals surface area contributed by atoms with Crippen molar-refractivity contribution in [2.45, 2.75) is 58.8 Å². The summed E-state index contributed by atoms with van der Waals surface area (Å²) in [5.74, 6) is 0.886. The molecule has 1 nitrogen and oxygen atoms in total. The lowest BCUT2D eigenvalue weighted by Crippen LogP contribution is -2.29. The average molecular weight is 335 g/mol. The summed E-state index contributed by atoms with van der Waals surface area (Å²) in [6.45, 7) is 4.32. The second-order valence-corrected chi connectivity index (χ2v) is 7.70. The van der Waals surface area contributed by atoms with E-state index in [-0.39, 0.29) is 11.8 Å².